The Morgan fingerprint density at radius 3 is 2.95 bits per heavy atom. The fourth-order valence-electron chi connectivity index (χ4n) is 2.72. The normalized spacial score (nSPS) is 17.2. The summed E-state index contributed by atoms with van der Waals surface area (Å²) in [4.78, 5) is 14.3. The first-order chi connectivity index (χ1) is 10.2. The van der Waals surface area contributed by atoms with Crippen LogP contribution in [-0.4, -0.2) is 43.6 Å². The van der Waals surface area contributed by atoms with Gasteiger partial charge in [-0.3, -0.25) is 4.79 Å². The molecule has 0 radical (unpaired) electrons. The van der Waals surface area contributed by atoms with Crippen molar-refractivity contribution in [3.63, 3.8) is 0 Å². The summed E-state index contributed by atoms with van der Waals surface area (Å²) in [5.41, 5.74) is 0. The van der Waals surface area contributed by atoms with Gasteiger partial charge in [0.15, 0.2) is 0 Å². The van der Waals surface area contributed by atoms with E-state index in [1.165, 1.54) is 0 Å². The lowest BCUT2D eigenvalue weighted by Crippen LogP contribution is -2.40. The highest BCUT2D eigenvalue weighted by molar-refractivity contribution is 9.10. The van der Waals surface area contributed by atoms with E-state index in [-0.39, 0.29) is 18.3 Å². The second kappa shape index (κ2) is 10.1. The highest BCUT2D eigenvalue weighted by atomic mass is 79.9. The van der Waals surface area contributed by atoms with Crippen LogP contribution in [0.4, 0.5) is 0 Å². The third kappa shape index (κ3) is 5.45. The van der Waals surface area contributed by atoms with Gasteiger partial charge in [-0.05, 0) is 54.4 Å². The smallest absolute Gasteiger partial charge is 0.222 e. The molecule has 4 nitrogen and oxygen atoms in total. The Bertz CT molecular complexity index is 473. The number of hydrogen-bond donors (Lipinski definition) is 1. The minimum atomic E-state index is 0. The number of hydrogen-bond acceptors (Lipinski definition) is 3. The van der Waals surface area contributed by atoms with Gasteiger partial charge in [-0.1, -0.05) is 12.1 Å². The summed E-state index contributed by atoms with van der Waals surface area (Å²) in [5.74, 6) is 1.09. The van der Waals surface area contributed by atoms with Gasteiger partial charge in [0.1, 0.15) is 5.75 Å². The molecule has 1 N–H and O–H groups in total. The average molecular weight is 392 g/mol. The molecule has 1 fully saturated rings. The van der Waals surface area contributed by atoms with Gasteiger partial charge < -0.3 is 15.0 Å². The number of halogens is 2. The molecule has 1 heterocycles. The standard InChI is InChI=1S/C16H23BrN2O2.ClH/c1-18-12-13-6-4-10-19(13)16(20)9-5-11-21-15-8-3-2-7-14(15)17;/h2-3,7-8,13,18H,4-6,9-12H2,1H3;1H. The van der Waals surface area contributed by atoms with Gasteiger partial charge in [0, 0.05) is 25.6 Å². The predicted octanol–water partition coefficient (Wildman–Crippen LogP) is 3.24. The van der Waals surface area contributed by atoms with E-state index in [0.29, 0.717) is 19.1 Å². The lowest BCUT2D eigenvalue weighted by atomic mass is 10.2. The quantitative estimate of drug-likeness (QED) is 0.726. The minimum absolute atomic E-state index is 0. The van der Waals surface area contributed by atoms with Crippen LogP contribution in [0.15, 0.2) is 28.7 Å². The maximum atomic E-state index is 12.2. The number of benzene rings is 1. The summed E-state index contributed by atoms with van der Waals surface area (Å²) < 4.78 is 6.64. The molecule has 6 heteroatoms. The first-order valence-corrected chi connectivity index (χ1v) is 8.33. The highest BCUT2D eigenvalue weighted by Gasteiger charge is 2.27. The fraction of sp³-hybridized carbons (Fsp3) is 0.562. The van der Waals surface area contributed by atoms with Crippen LogP contribution in [0, 0.1) is 0 Å². The van der Waals surface area contributed by atoms with Crippen molar-refractivity contribution in [3.8, 4) is 5.75 Å². The van der Waals surface area contributed by atoms with E-state index < -0.39 is 0 Å². The predicted molar refractivity (Wildman–Crippen MR) is 94.8 cm³/mol. The molecule has 1 aromatic carbocycles. The van der Waals surface area contributed by atoms with E-state index in [2.05, 4.69) is 21.2 Å². The SMILES string of the molecule is CNCC1CCCN1C(=O)CCCOc1ccccc1Br.Cl. The third-order valence-corrected chi connectivity index (χ3v) is 4.42. The molecule has 1 atom stereocenters. The zero-order chi connectivity index (χ0) is 15.1. The Labute approximate surface area is 147 Å². The number of likely N-dealkylation sites (tertiary alicyclic amines) is 1. The number of carbonyl (C=O) groups excluding carboxylic acids is 1. The molecule has 2 rings (SSSR count). The fourth-order valence-corrected chi connectivity index (χ4v) is 3.12. The van der Waals surface area contributed by atoms with Crippen LogP contribution in [0.5, 0.6) is 5.75 Å². The van der Waals surface area contributed by atoms with Gasteiger partial charge in [-0.2, -0.15) is 0 Å². The number of nitrogens with one attached hydrogen (secondary N) is 1. The first-order valence-electron chi connectivity index (χ1n) is 7.53. The summed E-state index contributed by atoms with van der Waals surface area (Å²) in [6.07, 6.45) is 3.54. The second-order valence-corrected chi connectivity index (χ2v) is 6.18. The largest absolute Gasteiger partial charge is 0.492 e. The van der Waals surface area contributed by atoms with E-state index in [4.69, 9.17) is 4.74 Å². The van der Waals surface area contributed by atoms with Crippen LogP contribution in [0.2, 0.25) is 0 Å². The number of ether oxygens (including phenoxy) is 1. The number of nitrogens with zero attached hydrogens (tertiary/aromatic N) is 1. The molecule has 1 unspecified atom stereocenters. The van der Waals surface area contributed by atoms with Crippen molar-refractivity contribution in [2.45, 2.75) is 31.7 Å². The van der Waals surface area contributed by atoms with Crippen LogP contribution in [0.1, 0.15) is 25.7 Å². The van der Waals surface area contributed by atoms with Gasteiger partial charge in [-0.15, -0.1) is 12.4 Å². The molecule has 0 aromatic heterocycles. The van der Waals surface area contributed by atoms with Crippen molar-refractivity contribution in [2.24, 2.45) is 0 Å². The number of likely N-dealkylation sites (N-methyl/N-ethyl adjacent to an activating group) is 1. The van der Waals surface area contributed by atoms with Crippen LogP contribution in [0.25, 0.3) is 0 Å². The van der Waals surface area contributed by atoms with Crippen molar-refractivity contribution >= 4 is 34.2 Å². The Hall–Kier alpha value is -0.780. The van der Waals surface area contributed by atoms with Crippen molar-refractivity contribution < 1.29 is 9.53 Å². The molecule has 1 aliphatic heterocycles. The van der Waals surface area contributed by atoms with Crippen molar-refractivity contribution in [3.05, 3.63) is 28.7 Å². The highest BCUT2D eigenvalue weighted by Crippen LogP contribution is 2.24. The van der Waals surface area contributed by atoms with Gasteiger partial charge in [-0.25, -0.2) is 0 Å². The number of amides is 1. The third-order valence-electron chi connectivity index (χ3n) is 3.77. The Kier molecular flexibility index (Phi) is 8.83. The van der Waals surface area contributed by atoms with Gasteiger partial charge >= 0.3 is 0 Å². The lowest BCUT2D eigenvalue weighted by Gasteiger charge is -2.24. The van der Waals surface area contributed by atoms with Crippen LogP contribution in [0.3, 0.4) is 0 Å². The molecule has 0 aliphatic carbocycles. The Morgan fingerprint density at radius 1 is 1.45 bits per heavy atom. The summed E-state index contributed by atoms with van der Waals surface area (Å²) >= 11 is 3.45. The van der Waals surface area contributed by atoms with Gasteiger partial charge in [0.05, 0.1) is 11.1 Å². The van der Waals surface area contributed by atoms with Crippen molar-refractivity contribution in [2.75, 3.05) is 26.7 Å². The van der Waals surface area contributed by atoms with E-state index in [9.17, 15) is 4.79 Å². The molecule has 1 saturated heterocycles. The molecule has 0 spiro atoms. The number of carbonyl (C=O) groups is 1. The Balaban J connectivity index is 0.00000242. The monoisotopic (exact) mass is 390 g/mol. The maximum absolute atomic E-state index is 12.2. The van der Waals surface area contributed by atoms with Crippen LogP contribution in [-0.2, 0) is 4.79 Å². The number of para-hydroxylation sites is 1. The first kappa shape index (κ1) is 19.3. The van der Waals surface area contributed by atoms with E-state index in [1.807, 2.05) is 36.2 Å². The molecule has 124 valence electrons. The van der Waals surface area contributed by atoms with Crippen LogP contribution < -0.4 is 10.1 Å². The summed E-state index contributed by atoms with van der Waals surface area (Å²) in [6.45, 7) is 2.36. The molecule has 22 heavy (non-hydrogen) atoms. The summed E-state index contributed by atoms with van der Waals surface area (Å²) in [6, 6.07) is 8.14. The van der Waals surface area contributed by atoms with Crippen molar-refractivity contribution in [1.82, 2.24) is 10.2 Å². The molecule has 1 amide bonds. The molecule has 1 aromatic rings. The zero-order valence-electron chi connectivity index (χ0n) is 12.9. The Morgan fingerprint density at radius 2 is 2.23 bits per heavy atom. The summed E-state index contributed by atoms with van der Waals surface area (Å²) in [7, 11) is 1.94. The summed E-state index contributed by atoms with van der Waals surface area (Å²) in [5, 5.41) is 3.17. The molecular formula is C16H24BrClN2O2. The molecular weight excluding hydrogens is 368 g/mol. The zero-order valence-corrected chi connectivity index (χ0v) is 15.3. The van der Waals surface area contributed by atoms with E-state index in [1.54, 1.807) is 0 Å². The van der Waals surface area contributed by atoms with Crippen molar-refractivity contribution in [1.29, 1.82) is 0 Å². The maximum Gasteiger partial charge on any atom is 0.222 e. The second-order valence-electron chi connectivity index (χ2n) is 5.32. The lowest BCUT2D eigenvalue weighted by molar-refractivity contribution is -0.132. The van der Waals surface area contributed by atoms with E-state index in [0.717, 1.165) is 42.6 Å². The van der Waals surface area contributed by atoms with Gasteiger partial charge in [0.2, 0.25) is 5.91 Å². The van der Waals surface area contributed by atoms with E-state index >= 15 is 0 Å². The molecule has 1 aliphatic rings. The molecule has 0 bridgehead atoms. The van der Waals surface area contributed by atoms with Crippen LogP contribution >= 0.6 is 28.3 Å². The average Bonchev–Trinajstić information content (AvgIpc) is 2.94. The minimum Gasteiger partial charge on any atom is -0.492 e. The van der Waals surface area contributed by atoms with Gasteiger partial charge in [0.25, 0.3) is 0 Å². The number of rotatable bonds is 7. The topological polar surface area (TPSA) is 41.6 Å². The molecule has 0 saturated carbocycles.